The lowest BCUT2D eigenvalue weighted by Crippen LogP contribution is -2.27. The minimum absolute atomic E-state index is 0.0707. The first-order valence-electron chi connectivity index (χ1n) is 31.5. The fourth-order valence-corrected chi connectivity index (χ4v) is 8.74. The van der Waals surface area contributed by atoms with Gasteiger partial charge in [0.05, 0.1) is 52.0 Å². The van der Waals surface area contributed by atoms with Gasteiger partial charge < -0.3 is 0 Å². The van der Waals surface area contributed by atoms with Crippen LogP contribution in [0.15, 0.2) is 121 Å². The Labute approximate surface area is 557 Å². The van der Waals surface area contributed by atoms with E-state index in [1.54, 1.807) is 76.6 Å². The normalized spacial score (nSPS) is 12.6. The predicted octanol–water partition coefficient (Wildman–Crippen LogP) is 15.7. The van der Waals surface area contributed by atoms with Crippen molar-refractivity contribution in [2.24, 2.45) is 31.6 Å². The van der Waals surface area contributed by atoms with Crippen molar-refractivity contribution in [3.8, 4) is 0 Å². The summed E-state index contributed by atoms with van der Waals surface area (Å²) < 4.78 is 7.59. The number of H-pyrrole nitrogens is 1. The average Bonchev–Trinajstić information content (AvgIpc) is 1.91. The third-order valence-electron chi connectivity index (χ3n) is 13.2. The van der Waals surface area contributed by atoms with Gasteiger partial charge in [-0.25, -0.2) is 29.5 Å². The van der Waals surface area contributed by atoms with Crippen LogP contribution in [-0.2, 0) is 64.5 Å². The molecule has 0 spiro atoms. The Morgan fingerprint density at radius 2 is 1.10 bits per heavy atom. The Hall–Kier alpha value is -7.61. The molecule has 92 heavy (non-hydrogen) atoms. The Balaban J connectivity index is 0.000000354. The van der Waals surface area contributed by atoms with Crippen molar-refractivity contribution in [3.05, 3.63) is 161 Å². The minimum Gasteiger partial charge on any atom is -0.282 e. The van der Waals surface area contributed by atoms with Crippen LogP contribution >= 0.6 is 11.3 Å². The second-order valence-electron chi connectivity index (χ2n) is 31.8. The first-order chi connectivity index (χ1) is 42.1. The highest BCUT2D eigenvalue weighted by molar-refractivity contribution is 7.09. The summed E-state index contributed by atoms with van der Waals surface area (Å²) in [6.45, 7) is 58.8. The molecule has 0 fully saturated rings. The standard InChI is InChI=1S/C12H16N2.C8H15N2.3C8H12N2.2C7H13N3.C7H12N2.C7H11NS/c1-12(2,3)11-9-7-5-6-8-10(9)14(4)13-11;1-8(2,3)7-9-5-6-10(7)4;1-8(2,3)7-6-9-4-5-10-7;1-8(2,3)7-4-5-9-6-10-7;1-8(2,3)7-9-5-4-6-10-7;1-7(2,3)6-5-10(4)9-8-6;1-7(2,3)6-5-8-9-10(6)4;1-7(2,3)6-4-5-8-9-6;1-7(2,3)6-8-4-5-9-6/h5-8H,1-4H3;6H,5H2,1-4H3;3*4-6H,1-3H3;2*5H,1-4H3;4-5H,1-3H3,(H,8,9);4-5H,1-3H3/q;+1;;;;;;;. The molecule has 0 saturated heterocycles. The number of nitrogens with one attached hydrogen (secondary N) is 1. The van der Waals surface area contributed by atoms with Gasteiger partial charge >= 0.3 is 0 Å². The van der Waals surface area contributed by atoms with Crippen LogP contribution in [0.3, 0.4) is 0 Å². The van der Waals surface area contributed by atoms with Crippen LogP contribution in [0.4, 0.5) is 0 Å². The summed E-state index contributed by atoms with van der Waals surface area (Å²) in [6, 6.07) is 14.1. The Kier molecular flexibility index (Phi) is 30.0. The van der Waals surface area contributed by atoms with Gasteiger partial charge in [0.15, 0.2) is 6.54 Å². The molecule has 20 heteroatoms. The van der Waals surface area contributed by atoms with E-state index in [4.69, 9.17) is 0 Å². The number of amidine groups is 1. The molecule has 0 saturated carbocycles. The average molecular weight is 1280 g/mol. The first-order valence-corrected chi connectivity index (χ1v) is 32.4. The molecule has 0 aliphatic carbocycles. The fraction of sp³-hybridized carbons (Fsp3) is 0.569. The summed E-state index contributed by atoms with van der Waals surface area (Å²) in [7, 11) is 7.84. The maximum absolute atomic E-state index is 4.58. The molecule has 0 atom stereocenters. The van der Waals surface area contributed by atoms with E-state index in [2.05, 4.69) is 305 Å². The van der Waals surface area contributed by atoms with Crippen molar-refractivity contribution in [2.75, 3.05) is 13.6 Å². The number of para-hydroxylation sites is 1. The van der Waals surface area contributed by atoms with Gasteiger partial charge in [-0.1, -0.05) is 200 Å². The lowest BCUT2D eigenvalue weighted by Gasteiger charge is -2.16. The van der Waals surface area contributed by atoms with Crippen molar-refractivity contribution in [3.63, 3.8) is 0 Å². The van der Waals surface area contributed by atoms with Crippen molar-refractivity contribution < 1.29 is 4.58 Å². The van der Waals surface area contributed by atoms with Gasteiger partial charge in [-0.15, -0.1) is 21.5 Å². The molecule has 0 amide bonds. The molecule has 1 aliphatic heterocycles. The number of benzene rings is 1. The molecule has 0 bridgehead atoms. The molecule has 8 aromatic heterocycles. The zero-order valence-corrected chi connectivity index (χ0v) is 63.0. The Morgan fingerprint density at radius 3 is 1.40 bits per heavy atom. The number of thiazole rings is 1. The van der Waals surface area contributed by atoms with Crippen molar-refractivity contribution in [1.82, 2.24) is 84.9 Å². The molecule has 1 aromatic carbocycles. The maximum atomic E-state index is 4.58. The summed E-state index contributed by atoms with van der Waals surface area (Å²) in [6.07, 6.45) is 21.6. The van der Waals surface area contributed by atoms with Crippen LogP contribution in [0.2, 0.25) is 0 Å². The van der Waals surface area contributed by atoms with Crippen molar-refractivity contribution >= 4 is 34.3 Å². The second kappa shape index (κ2) is 34.3. The SMILES string of the molecule is CC(C)(C)c1ccn[nH]1.CC(C)(C)c1ccncn1.CC(C)(C)c1cnccn1.CC(C)(C)c1ncccn1.CC(C)(C)c1nccs1.C[N+]1=CCN=C1C(C)(C)C.Cn1cc(C(C)(C)C)nn1.Cn1nc(C(C)(C)C)c2ccccc21.Cn1nncc1C(C)(C)C. The first kappa shape index (κ1) is 80.5. The molecule has 1 aliphatic rings. The van der Waals surface area contributed by atoms with E-state index in [1.165, 1.54) is 33.1 Å². The monoisotopic (exact) mass is 1280 g/mol. The molecule has 19 nitrogen and oxygen atoms in total. The number of fused-ring (bicyclic) bond motifs is 1. The highest BCUT2D eigenvalue weighted by Gasteiger charge is 2.31. The van der Waals surface area contributed by atoms with E-state index < -0.39 is 0 Å². The minimum atomic E-state index is 0.0707. The Morgan fingerprint density at radius 1 is 0.489 bits per heavy atom. The highest BCUT2D eigenvalue weighted by Crippen LogP contribution is 2.29. The zero-order chi connectivity index (χ0) is 70.3. The van der Waals surface area contributed by atoms with Gasteiger partial charge in [-0.05, 0) is 45.0 Å². The summed E-state index contributed by atoms with van der Waals surface area (Å²) in [4.78, 5) is 33.0. The van der Waals surface area contributed by atoms with Crippen LogP contribution in [0.5, 0.6) is 0 Å². The van der Waals surface area contributed by atoms with Crippen LogP contribution < -0.4 is 0 Å². The number of rotatable bonds is 0. The topological polar surface area (TPSA) is 214 Å². The number of aryl methyl sites for hydroxylation is 3. The van der Waals surface area contributed by atoms with E-state index in [0.29, 0.717) is 0 Å². The van der Waals surface area contributed by atoms with Gasteiger partial charge in [0, 0.05) is 142 Å². The zero-order valence-electron chi connectivity index (χ0n) is 62.2. The number of aliphatic imine (C=N–C) groups is 1. The number of aromatic nitrogens is 17. The molecular weight excluding hydrogens is 1160 g/mol. The smallest absolute Gasteiger partial charge is 0.282 e. The second-order valence-corrected chi connectivity index (χ2v) is 32.7. The quantitative estimate of drug-likeness (QED) is 0.140. The van der Waals surface area contributed by atoms with Crippen LogP contribution in [0.25, 0.3) is 10.9 Å². The van der Waals surface area contributed by atoms with Gasteiger partial charge in [0.1, 0.15) is 18.4 Å². The van der Waals surface area contributed by atoms with Crippen LogP contribution in [0.1, 0.15) is 232 Å². The Bertz CT molecular complexity index is 3350. The number of hydrogen-bond acceptors (Lipinski definition) is 15. The molecule has 0 radical (unpaired) electrons. The summed E-state index contributed by atoms with van der Waals surface area (Å²) in [5, 5.41) is 31.4. The number of nitrogens with zero attached hydrogens (tertiary/aromatic N) is 18. The molecule has 1 N–H and O–H groups in total. The van der Waals surface area contributed by atoms with Gasteiger partial charge in [0.2, 0.25) is 0 Å². The van der Waals surface area contributed by atoms with E-state index in [9.17, 15) is 0 Å². The van der Waals surface area contributed by atoms with Crippen molar-refractivity contribution in [1.29, 1.82) is 0 Å². The fourth-order valence-electron chi connectivity index (χ4n) is 8.02. The molecule has 10 rings (SSSR count). The van der Waals surface area contributed by atoms with E-state index >= 15 is 0 Å². The molecule has 9 heterocycles. The molecule has 504 valence electrons. The molecular formula is C72H116N19S+. The highest BCUT2D eigenvalue weighted by atomic mass is 32.1. The van der Waals surface area contributed by atoms with Crippen LogP contribution in [0, 0.1) is 5.41 Å². The number of aromatic amines is 1. The van der Waals surface area contributed by atoms with Crippen molar-refractivity contribution in [2.45, 2.75) is 230 Å². The van der Waals surface area contributed by atoms with E-state index in [0.717, 1.165) is 35.1 Å². The largest absolute Gasteiger partial charge is 0.297 e. The van der Waals surface area contributed by atoms with Gasteiger partial charge in [0.25, 0.3) is 5.84 Å². The summed E-state index contributed by atoms with van der Waals surface area (Å²) in [5.74, 6) is 2.09. The third kappa shape index (κ3) is 29.3. The lowest BCUT2D eigenvalue weighted by atomic mass is 9.90. The van der Waals surface area contributed by atoms with Gasteiger partial charge in [-0.2, -0.15) is 10.2 Å². The van der Waals surface area contributed by atoms with E-state index in [-0.39, 0.29) is 48.7 Å². The summed E-state index contributed by atoms with van der Waals surface area (Å²) in [5.41, 5.74) is 9.23. The van der Waals surface area contributed by atoms with E-state index in [1.807, 2.05) is 61.8 Å². The van der Waals surface area contributed by atoms with Gasteiger partial charge in [-0.3, -0.25) is 29.1 Å². The maximum Gasteiger partial charge on any atom is 0.297 e. The molecule has 9 aromatic rings. The lowest BCUT2D eigenvalue weighted by molar-refractivity contribution is -0.371. The third-order valence-corrected chi connectivity index (χ3v) is 14.4. The predicted molar refractivity (Wildman–Crippen MR) is 383 cm³/mol. The molecule has 0 unspecified atom stereocenters. The number of hydrogen-bond donors (Lipinski definition) is 1. The van der Waals surface area contributed by atoms with Crippen LogP contribution in [-0.4, -0.2) is 115 Å². The summed E-state index contributed by atoms with van der Waals surface area (Å²) >= 11 is 1.72.